The molecule has 0 saturated heterocycles. The molecule has 3 aliphatic rings. The van der Waals surface area contributed by atoms with E-state index in [1.54, 1.807) is 7.11 Å². The first kappa shape index (κ1) is 13.2. The van der Waals surface area contributed by atoms with E-state index in [0.717, 1.165) is 38.5 Å². The molecule has 3 saturated carbocycles. The smallest absolute Gasteiger partial charge is 0.136 e. The maximum Gasteiger partial charge on any atom is 0.136 e. The van der Waals surface area contributed by atoms with Crippen molar-refractivity contribution in [2.24, 2.45) is 5.41 Å². The summed E-state index contributed by atoms with van der Waals surface area (Å²) >= 11 is 0. The third kappa shape index (κ3) is 1.83. The highest BCUT2D eigenvalue weighted by Gasteiger charge is 2.49. The van der Waals surface area contributed by atoms with Crippen LogP contribution >= 0.6 is 0 Å². The van der Waals surface area contributed by atoms with Gasteiger partial charge in [0.05, 0.1) is 12.7 Å². The molecule has 4 rings (SSSR count). The topological polar surface area (TPSA) is 50.1 Å². The highest BCUT2D eigenvalue weighted by atomic mass is 16.5. The zero-order valence-electron chi connectivity index (χ0n) is 11.8. The summed E-state index contributed by atoms with van der Waals surface area (Å²) in [7, 11) is 1.59. The minimum atomic E-state index is -0.0493. The van der Waals surface area contributed by atoms with Crippen molar-refractivity contribution in [1.82, 2.24) is 0 Å². The molecule has 0 aliphatic heterocycles. The van der Waals surface area contributed by atoms with Crippen LogP contribution in [0.5, 0.6) is 5.75 Å². The molecule has 104 valence electrons. The van der Waals surface area contributed by atoms with Gasteiger partial charge in [0, 0.05) is 5.41 Å². The molecule has 0 radical (unpaired) electrons. The van der Waals surface area contributed by atoms with Crippen LogP contribution in [-0.4, -0.2) is 13.4 Å². The van der Waals surface area contributed by atoms with Crippen molar-refractivity contribution < 1.29 is 9.53 Å². The van der Waals surface area contributed by atoms with Crippen molar-refractivity contribution in [3.63, 3.8) is 0 Å². The Balaban J connectivity index is 1.95. The molecule has 0 spiro atoms. The number of rotatable bonds is 3. The largest absolute Gasteiger partial charge is 0.495 e. The zero-order chi connectivity index (χ0) is 14.2. The summed E-state index contributed by atoms with van der Waals surface area (Å²) in [5.41, 5.74) is 1.97. The fraction of sp³-hybridized carbons (Fsp3) is 0.529. The molecular weight excluding hydrogens is 250 g/mol. The number of nitriles is 1. The number of hydrogen-bond donors (Lipinski definition) is 0. The number of nitrogens with zero attached hydrogens (tertiary/aromatic N) is 1. The lowest BCUT2D eigenvalue weighted by molar-refractivity contribution is -0.122. The van der Waals surface area contributed by atoms with Gasteiger partial charge in [-0.2, -0.15) is 5.26 Å². The monoisotopic (exact) mass is 269 g/mol. The molecule has 0 aromatic heterocycles. The van der Waals surface area contributed by atoms with Gasteiger partial charge in [0.25, 0.3) is 0 Å². The zero-order valence-corrected chi connectivity index (χ0v) is 11.8. The van der Waals surface area contributed by atoms with Crippen molar-refractivity contribution in [3.05, 3.63) is 29.3 Å². The fourth-order valence-corrected chi connectivity index (χ4v) is 3.95. The third-order valence-electron chi connectivity index (χ3n) is 5.49. The Morgan fingerprint density at radius 3 is 2.35 bits per heavy atom. The van der Waals surface area contributed by atoms with Gasteiger partial charge in [-0.25, -0.2) is 0 Å². The number of methoxy groups -OCH3 is 1. The van der Waals surface area contributed by atoms with E-state index in [4.69, 9.17) is 4.74 Å². The molecular formula is C17H19NO2. The first-order valence-corrected chi connectivity index (χ1v) is 7.22. The van der Waals surface area contributed by atoms with E-state index in [1.165, 1.54) is 11.8 Å². The van der Waals surface area contributed by atoms with Gasteiger partial charge in [0.2, 0.25) is 0 Å². The number of ether oxygens (including phenoxy) is 1. The summed E-state index contributed by atoms with van der Waals surface area (Å²) < 4.78 is 5.22. The van der Waals surface area contributed by atoms with E-state index in [-0.39, 0.29) is 10.8 Å². The van der Waals surface area contributed by atoms with E-state index in [0.29, 0.717) is 11.3 Å². The van der Waals surface area contributed by atoms with Crippen molar-refractivity contribution in [3.8, 4) is 11.8 Å². The maximum absolute atomic E-state index is 11.3. The van der Waals surface area contributed by atoms with E-state index in [1.807, 2.05) is 12.1 Å². The average Bonchev–Trinajstić information content (AvgIpc) is 2.55. The molecule has 3 aliphatic carbocycles. The van der Waals surface area contributed by atoms with Gasteiger partial charge in [-0.05, 0) is 61.6 Å². The van der Waals surface area contributed by atoms with Gasteiger partial charge < -0.3 is 9.53 Å². The Hall–Kier alpha value is -1.82. The molecule has 0 heterocycles. The second-order valence-electron chi connectivity index (χ2n) is 6.29. The van der Waals surface area contributed by atoms with Crippen molar-refractivity contribution in [2.45, 2.75) is 43.9 Å². The number of carbonyl (C=O) groups excluding carboxylic acids is 1. The number of benzene rings is 1. The minimum absolute atomic E-state index is 0.0493. The molecule has 2 bridgehead atoms. The maximum atomic E-state index is 11.3. The fourth-order valence-electron chi connectivity index (χ4n) is 3.95. The van der Waals surface area contributed by atoms with Crippen LogP contribution in [0.1, 0.15) is 49.7 Å². The standard InChI is InChI=1S/C17H19NO2/c1-20-15-3-2-14(10-13(15)11-18)17-7-4-16(12-19,5-8-17)6-9-17/h2-3,10,12H,4-9H2,1H3. The second-order valence-corrected chi connectivity index (χ2v) is 6.29. The van der Waals surface area contributed by atoms with Gasteiger partial charge in [-0.3, -0.25) is 0 Å². The van der Waals surface area contributed by atoms with Crippen molar-refractivity contribution in [2.75, 3.05) is 7.11 Å². The molecule has 20 heavy (non-hydrogen) atoms. The van der Waals surface area contributed by atoms with Gasteiger partial charge in [-0.15, -0.1) is 0 Å². The van der Waals surface area contributed by atoms with Crippen LogP contribution in [0.3, 0.4) is 0 Å². The van der Waals surface area contributed by atoms with Gasteiger partial charge in [0.15, 0.2) is 0 Å². The van der Waals surface area contributed by atoms with Crippen LogP contribution in [-0.2, 0) is 10.2 Å². The Bertz CT molecular complexity index is 561. The minimum Gasteiger partial charge on any atom is -0.495 e. The summed E-state index contributed by atoms with van der Waals surface area (Å²) in [6.45, 7) is 0. The van der Waals surface area contributed by atoms with E-state index < -0.39 is 0 Å². The predicted octanol–water partition coefficient (Wildman–Crippen LogP) is 3.36. The SMILES string of the molecule is COc1ccc(C23CCC(C=O)(CC2)CC3)cc1C#N. The summed E-state index contributed by atoms with van der Waals surface area (Å²) in [5.74, 6) is 0.640. The van der Waals surface area contributed by atoms with E-state index in [2.05, 4.69) is 12.1 Å². The summed E-state index contributed by atoms with van der Waals surface area (Å²) in [6.07, 6.45) is 7.33. The number of aldehydes is 1. The lowest BCUT2D eigenvalue weighted by Crippen LogP contribution is -2.44. The Labute approximate surface area is 119 Å². The molecule has 1 aromatic rings. The Kier molecular flexibility index (Phi) is 3.05. The highest BCUT2D eigenvalue weighted by Crippen LogP contribution is 2.57. The molecule has 0 atom stereocenters. The third-order valence-corrected chi connectivity index (χ3v) is 5.49. The van der Waals surface area contributed by atoms with Gasteiger partial charge in [0.1, 0.15) is 18.1 Å². The lowest BCUT2D eigenvalue weighted by Gasteiger charge is -2.51. The van der Waals surface area contributed by atoms with Gasteiger partial charge >= 0.3 is 0 Å². The highest BCUT2D eigenvalue weighted by molar-refractivity contribution is 5.61. The number of carbonyl (C=O) groups is 1. The van der Waals surface area contributed by atoms with E-state index >= 15 is 0 Å². The first-order valence-electron chi connectivity index (χ1n) is 7.22. The van der Waals surface area contributed by atoms with Crippen LogP contribution in [0.4, 0.5) is 0 Å². The second kappa shape index (κ2) is 4.63. The molecule has 3 fully saturated rings. The molecule has 3 heteroatoms. The summed E-state index contributed by atoms with van der Waals surface area (Å²) in [6, 6.07) is 8.20. The lowest BCUT2D eigenvalue weighted by atomic mass is 9.52. The molecule has 1 aromatic carbocycles. The van der Waals surface area contributed by atoms with Crippen molar-refractivity contribution in [1.29, 1.82) is 5.26 Å². The average molecular weight is 269 g/mol. The van der Waals surface area contributed by atoms with Crippen LogP contribution in [0.15, 0.2) is 18.2 Å². The molecule has 3 nitrogen and oxygen atoms in total. The molecule has 0 unspecified atom stereocenters. The van der Waals surface area contributed by atoms with Crippen LogP contribution in [0.2, 0.25) is 0 Å². The van der Waals surface area contributed by atoms with E-state index in [9.17, 15) is 10.1 Å². The number of fused-ring (bicyclic) bond motifs is 3. The Morgan fingerprint density at radius 1 is 1.20 bits per heavy atom. The predicted molar refractivity (Wildman–Crippen MR) is 75.6 cm³/mol. The van der Waals surface area contributed by atoms with Crippen LogP contribution in [0.25, 0.3) is 0 Å². The molecule has 0 N–H and O–H groups in total. The summed E-state index contributed by atoms with van der Waals surface area (Å²) in [5, 5.41) is 9.24. The normalized spacial score (nSPS) is 31.6. The van der Waals surface area contributed by atoms with Crippen LogP contribution in [0, 0.1) is 16.7 Å². The Morgan fingerprint density at radius 2 is 1.85 bits per heavy atom. The van der Waals surface area contributed by atoms with Crippen molar-refractivity contribution >= 4 is 6.29 Å². The number of hydrogen-bond acceptors (Lipinski definition) is 3. The summed E-state index contributed by atoms with van der Waals surface area (Å²) in [4.78, 5) is 11.3. The molecule has 0 amide bonds. The van der Waals surface area contributed by atoms with Gasteiger partial charge in [-0.1, -0.05) is 6.07 Å². The quantitative estimate of drug-likeness (QED) is 0.791. The van der Waals surface area contributed by atoms with Crippen LogP contribution < -0.4 is 4.74 Å². The first-order chi connectivity index (χ1) is 9.67.